The zero-order chi connectivity index (χ0) is 24.5. The maximum atomic E-state index is 13.9. The van der Waals surface area contributed by atoms with E-state index in [1.165, 1.54) is 6.42 Å². The van der Waals surface area contributed by atoms with Crippen molar-refractivity contribution in [2.75, 3.05) is 5.32 Å². The zero-order valence-corrected chi connectivity index (χ0v) is 20.7. The summed E-state index contributed by atoms with van der Waals surface area (Å²) in [5, 5.41) is 6.30. The van der Waals surface area contributed by atoms with Crippen molar-refractivity contribution < 1.29 is 19.1 Å². The molecule has 2 aliphatic carbocycles. The van der Waals surface area contributed by atoms with Crippen molar-refractivity contribution in [3.63, 3.8) is 0 Å². The highest BCUT2D eigenvalue weighted by Gasteiger charge is 2.74. The number of likely N-dealkylation sites (tertiary alicyclic amines) is 1. The maximum Gasteiger partial charge on any atom is 0.246 e. The number of nitrogens with one attached hydrogen (secondary N) is 2. The lowest BCUT2D eigenvalue weighted by molar-refractivity contribution is -0.142. The SMILES string of the molecule is Cc1cccc(NC(=O)C2[C@@H]3C=CC4(O3)C(C(=O)NC3CCCC(C)C3C)N(C3CC3)C(=O)[C@H]24)c1. The molecular weight excluding hydrogens is 442 g/mol. The number of aryl methyl sites for hydroxylation is 1. The minimum atomic E-state index is -1.08. The van der Waals surface area contributed by atoms with Crippen molar-refractivity contribution in [3.8, 4) is 0 Å². The van der Waals surface area contributed by atoms with Gasteiger partial charge in [-0.05, 0) is 55.7 Å². The van der Waals surface area contributed by atoms with Crippen LogP contribution < -0.4 is 10.6 Å². The number of anilines is 1. The summed E-state index contributed by atoms with van der Waals surface area (Å²) in [4.78, 5) is 42.9. The predicted octanol–water partition coefficient (Wildman–Crippen LogP) is 3.19. The van der Waals surface area contributed by atoms with Crippen LogP contribution in [0, 0.1) is 30.6 Å². The van der Waals surface area contributed by atoms with E-state index in [0.717, 1.165) is 31.2 Å². The Balaban J connectivity index is 1.29. The summed E-state index contributed by atoms with van der Waals surface area (Å²) in [6, 6.07) is 7.05. The fourth-order valence-electron chi connectivity index (χ4n) is 6.95. The van der Waals surface area contributed by atoms with Crippen LogP contribution in [-0.2, 0) is 19.1 Å². The van der Waals surface area contributed by atoms with E-state index < -0.39 is 29.6 Å². The number of ether oxygens (including phenoxy) is 1. The minimum Gasteiger partial charge on any atom is -0.359 e. The van der Waals surface area contributed by atoms with Crippen molar-refractivity contribution in [1.29, 1.82) is 0 Å². The molecule has 1 aromatic carbocycles. The lowest BCUT2D eigenvalue weighted by atomic mass is 9.73. The van der Waals surface area contributed by atoms with Crippen molar-refractivity contribution in [3.05, 3.63) is 42.0 Å². The highest BCUT2D eigenvalue weighted by atomic mass is 16.5. The van der Waals surface area contributed by atoms with Crippen LogP contribution in [0.2, 0.25) is 0 Å². The summed E-state index contributed by atoms with van der Waals surface area (Å²) >= 11 is 0. The fraction of sp³-hybridized carbons (Fsp3) is 0.607. The Kier molecular flexibility index (Phi) is 5.33. The van der Waals surface area contributed by atoms with Gasteiger partial charge in [0.15, 0.2) is 0 Å². The van der Waals surface area contributed by atoms with Gasteiger partial charge in [0, 0.05) is 17.8 Å². The molecule has 6 rings (SSSR count). The van der Waals surface area contributed by atoms with Crippen LogP contribution in [0.15, 0.2) is 36.4 Å². The van der Waals surface area contributed by atoms with Crippen LogP contribution in [0.5, 0.6) is 0 Å². The van der Waals surface area contributed by atoms with Gasteiger partial charge >= 0.3 is 0 Å². The Morgan fingerprint density at radius 3 is 2.66 bits per heavy atom. The molecule has 3 aliphatic heterocycles. The second kappa shape index (κ2) is 8.19. The fourth-order valence-corrected chi connectivity index (χ4v) is 6.95. The molecule has 2 saturated heterocycles. The van der Waals surface area contributed by atoms with E-state index >= 15 is 0 Å². The lowest BCUT2D eigenvalue weighted by Crippen LogP contribution is -2.58. The molecule has 186 valence electrons. The third kappa shape index (κ3) is 3.53. The molecule has 2 N–H and O–H groups in total. The van der Waals surface area contributed by atoms with Crippen LogP contribution in [0.25, 0.3) is 0 Å². The van der Waals surface area contributed by atoms with Crippen LogP contribution in [0.4, 0.5) is 5.69 Å². The number of amides is 3. The van der Waals surface area contributed by atoms with Gasteiger partial charge < -0.3 is 20.3 Å². The van der Waals surface area contributed by atoms with Gasteiger partial charge in [0.25, 0.3) is 0 Å². The molecular formula is C28H35N3O4. The van der Waals surface area contributed by atoms with Gasteiger partial charge in [0.2, 0.25) is 17.7 Å². The van der Waals surface area contributed by atoms with Crippen molar-refractivity contribution >= 4 is 23.4 Å². The van der Waals surface area contributed by atoms with Gasteiger partial charge in [-0.15, -0.1) is 0 Å². The summed E-state index contributed by atoms with van der Waals surface area (Å²) in [6.45, 7) is 6.42. The third-order valence-electron chi connectivity index (χ3n) is 9.12. The summed E-state index contributed by atoms with van der Waals surface area (Å²) in [5.74, 6) is -0.869. The molecule has 35 heavy (non-hydrogen) atoms. The quantitative estimate of drug-likeness (QED) is 0.638. The Hall–Kier alpha value is -2.67. The number of hydrogen-bond donors (Lipinski definition) is 2. The smallest absolute Gasteiger partial charge is 0.246 e. The highest BCUT2D eigenvalue weighted by Crippen LogP contribution is 2.57. The predicted molar refractivity (Wildman–Crippen MR) is 131 cm³/mol. The molecule has 2 saturated carbocycles. The summed E-state index contributed by atoms with van der Waals surface area (Å²) in [6.07, 6.45) is 8.30. The van der Waals surface area contributed by atoms with Crippen molar-refractivity contribution in [2.24, 2.45) is 23.7 Å². The maximum absolute atomic E-state index is 13.9. The minimum absolute atomic E-state index is 0.0532. The second-order valence-corrected chi connectivity index (χ2v) is 11.4. The molecule has 1 spiro atoms. The molecule has 6 unspecified atom stereocenters. The number of hydrogen-bond acceptors (Lipinski definition) is 4. The third-order valence-corrected chi connectivity index (χ3v) is 9.12. The van der Waals surface area contributed by atoms with E-state index in [9.17, 15) is 14.4 Å². The van der Waals surface area contributed by atoms with E-state index in [1.54, 1.807) is 4.90 Å². The molecule has 8 atom stereocenters. The van der Waals surface area contributed by atoms with Gasteiger partial charge in [-0.3, -0.25) is 14.4 Å². The van der Waals surface area contributed by atoms with Gasteiger partial charge in [-0.1, -0.05) is 51.0 Å². The number of rotatable bonds is 5. The number of fused-ring (bicyclic) bond motifs is 1. The average Bonchev–Trinajstić information content (AvgIpc) is 3.41. The Bertz CT molecular complexity index is 1100. The first-order valence-electron chi connectivity index (χ1n) is 13.2. The number of nitrogens with zero attached hydrogens (tertiary/aromatic N) is 1. The van der Waals surface area contributed by atoms with Gasteiger partial charge in [0.05, 0.1) is 17.9 Å². The van der Waals surface area contributed by atoms with E-state index in [-0.39, 0.29) is 29.8 Å². The standard InChI is InChI=1S/C28H35N3O4/c1-15-6-4-8-18(14-15)29-25(32)22-21-12-13-28(35-21)23(22)27(34)31(19-10-11-19)24(28)26(33)30-20-9-5-7-16(2)17(20)3/h4,6,8,12-14,16-17,19-24H,5,7,9-11H2,1-3H3,(H,29,32)(H,30,33)/t16?,17?,20?,21-,22?,23-,24?,28?/m0/s1. The van der Waals surface area contributed by atoms with Crippen LogP contribution in [0.1, 0.15) is 51.5 Å². The molecule has 3 amide bonds. The number of carbonyl (C=O) groups excluding carboxylic acids is 3. The van der Waals surface area contributed by atoms with Crippen LogP contribution in [-0.4, -0.2) is 52.5 Å². The molecule has 7 heteroatoms. The largest absolute Gasteiger partial charge is 0.359 e. The van der Waals surface area contributed by atoms with Crippen LogP contribution in [0.3, 0.4) is 0 Å². The first kappa shape index (κ1) is 22.8. The van der Waals surface area contributed by atoms with E-state index in [1.807, 2.05) is 43.3 Å². The monoisotopic (exact) mass is 477 g/mol. The molecule has 5 aliphatic rings. The normalized spacial score (nSPS) is 39.6. The molecule has 7 nitrogen and oxygen atoms in total. The first-order chi connectivity index (χ1) is 16.8. The number of carbonyl (C=O) groups is 3. The van der Waals surface area contributed by atoms with Gasteiger partial charge in [-0.2, -0.15) is 0 Å². The topological polar surface area (TPSA) is 87.7 Å². The lowest BCUT2D eigenvalue weighted by Gasteiger charge is -2.38. The zero-order valence-electron chi connectivity index (χ0n) is 20.7. The van der Waals surface area contributed by atoms with E-state index in [0.29, 0.717) is 17.5 Å². The van der Waals surface area contributed by atoms with E-state index in [2.05, 4.69) is 24.5 Å². The molecule has 0 radical (unpaired) electrons. The molecule has 3 heterocycles. The van der Waals surface area contributed by atoms with Crippen molar-refractivity contribution in [1.82, 2.24) is 10.2 Å². The highest BCUT2D eigenvalue weighted by molar-refractivity contribution is 6.03. The Morgan fingerprint density at radius 2 is 1.91 bits per heavy atom. The molecule has 0 aromatic heterocycles. The molecule has 4 fully saturated rings. The first-order valence-corrected chi connectivity index (χ1v) is 13.2. The average molecular weight is 478 g/mol. The molecule has 2 bridgehead atoms. The summed E-state index contributed by atoms with van der Waals surface area (Å²) in [7, 11) is 0. The van der Waals surface area contributed by atoms with E-state index in [4.69, 9.17) is 4.74 Å². The summed E-state index contributed by atoms with van der Waals surface area (Å²) in [5.41, 5.74) is 0.672. The van der Waals surface area contributed by atoms with Crippen LogP contribution >= 0.6 is 0 Å². The molecule has 1 aromatic rings. The van der Waals surface area contributed by atoms with Crippen molar-refractivity contribution in [2.45, 2.75) is 82.7 Å². The van der Waals surface area contributed by atoms with Gasteiger partial charge in [-0.25, -0.2) is 0 Å². The second-order valence-electron chi connectivity index (χ2n) is 11.4. The summed E-state index contributed by atoms with van der Waals surface area (Å²) < 4.78 is 6.43. The Labute approximate surface area is 206 Å². The Morgan fingerprint density at radius 1 is 1.11 bits per heavy atom. The van der Waals surface area contributed by atoms with Gasteiger partial charge in [0.1, 0.15) is 11.6 Å². The number of benzene rings is 1.